The molecule has 0 aliphatic carbocycles. The molecule has 2 heterocycles. The van der Waals surface area contributed by atoms with E-state index in [2.05, 4.69) is 12.1 Å². The van der Waals surface area contributed by atoms with Gasteiger partial charge in [-0.25, -0.2) is 4.39 Å². The predicted molar refractivity (Wildman–Crippen MR) is 82.2 cm³/mol. The van der Waals surface area contributed by atoms with Crippen LogP contribution in [0.2, 0.25) is 0 Å². The summed E-state index contributed by atoms with van der Waals surface area (Å²) in [6.07, 6.45) is 2.91. The van der Waals surface area contributed by atoms with Crippen molar-refractivity contribution < 1.29 is 9.31 Å². The van der Waals surface area contributed by atoms with Crippen molar-refractivity contribution >= 4 is 28.3 Å². The maximum atomic E-state index is 13.2. The molecule has 0 atom stereocenters. The van der Waals surface area contributed by atoms with Crippen molar-refractivity contribution in [3.8, 4) is 0 Å². The molecule has 108 valence electrons. The number of hydrogen-bond acceptors (Lipinski definition) is 4. The summed E-state index contributed by atoms with van der Waals surface area (Å²) in [6, 6.07) is 7.82. The summed E-state index contributed by atoms with van der Waals surface area (Å²) in [6.45, 7) is 1.29. The summed E-state index contributed by atoms with van der Waals surface area (Å²) in [7, 11) is 0. The van der Waals surface area contributed by atoms with E-state index in [-0.39, 0.29) is 5.69 Å². The first kappa shape index (κ1) is 13.8. The van der Waals surface area contributed by atoms with Crippen LogP contribution in [0.3, 0.4) is 0 Å². The van der Waals surface area contributed by atoms with Crippen LogP contribution < -0.4 is 4.90 Å². The maximum Gasteiger partial charge on any atom is 0.295 e. The number of nitro groups is 1. The summed E-state index contributed by atoms with van der Waals surface area (Å²) >= 11 is 1.69. The fraction of sp³-hybridized carbons (Fsp3) is 0.200. The van der Waals surface area contributed by atoms with Crippen LogP contribution >= 0.6 is 11.3 Å². The van der Waals surface area contributed by atoms with E-state index in [1.54, 1.807) is 11.3 Å². The van der Waals surface area contributed by atoms with E-state index < -0.39 is 10.7 Å². The first-order chi connectivity index (χ1) is 10.1. The van der Waals surface area contributed by atoms with E-state index >= 15 is 0 Å². The molecule has 1 aliphatic heterocycles. The van der Waals surface area contributed by atoms with Gasteiger partial charge in [0.1, 0.15) is 11.5 Å². The standard InChI is InChI=1S/C15H13FN2O2S/c16-12-3-4-13(14(10-12)18(19)20)17-7-5-11(6-8-17)15-2-1-9-21-15/h1-5,9-10H,6-8H2. The lowest BCUT2D eigenvalue weighted by atomic mass is 10.1. The lowest BCUT2D eigenvalue weighted by Crippen LogP contribution is -2.28. The quantitative estimate of drug-likeness (QED) is 0.634. The Morgan fingerprint density at radius 2 is 2.19 bits per heavy atom. The molecule has 0 saturated carbocycles. The van der Waals surface area contributed by atoms with E-state index in [4.69, 9.17) is 0 Å². The van der Waals surface area contributed by atoms with Crippen LogP contribution in [0.15, 0.2) is 41.8 Å². The van der Waals surface area contributed by atoms with Crippen molar-refractivity contribution in [3.05, 3.63) is 62.6 Å². The van der Waals surface area contributed by atoms with Crippen LogP contribution in [0, 0.1) is 15.9 Å². The van der Waals surface area contributed by atoms with Gasteiger partial charge in [0.15, 0.2) is 0 Å². The number of nitro benzene ring substituents is 1. The monoisotopic (exact) mass is 304 g/mol. The van der Waals surface area contributed by atoms with E-state index in [1.165, 1.54) is 22.6 Å². The number of benzene rings is 1. The summed E-state index contributed by atoms with van der Waals surface area (Å²) in [5.74, 6) is -0.586. The third kappa shape index (κ3) is 2.80. The van der Waals surface area contributed by atoms with Crippen molar-refractivity contribution in [1.82, 2.24) is 0 Å². The molecule has 0 unspecified atom stereocenters. The molecule has 3 rings (SSSR count). The summed E-state index contributed by atoms with van der Waals surface area (Å²) in [5.41, 5.74) is 1.57. The molecule has 1 aliphatic rings. The second kappa shape index (κ2) is 5.65. The average Bonchev–Trinajstić information content (AvgIpc) is 3.01. The van der Waals surface area contributed by atoms with Crippen molar-refractivity contribution in [1.29, 1.82) is 0 Å². The number of anilines is 1. The lowest BCUT2D eigenvalue weighted by molar-refractivity contribution is -0.384. The summed E-state index contributed by atoms with van der Waals surface area (Å²) < 4.78 is 13.2. The second-order valence-electron chi connectivity index (χ2n) is 4.79. The summed E-state index contributed by atoms with van der Waals surface area (Å²) in [4.78, 5) is 13.7. The van der Waals surface area contributed by atoms with Crippen molar-refractivity contribution in [3.63, 3.8) is 0 Å². The van der Waals surface area contributed by atoms with Gasteiger partial charge in [0.2, 0.25) is 0 Å². The SMILES string of the molecule is O=[N+]([O-])c1cc(F)ccc1N1CC=C(c2cccs2)CC1. The number of halogens is 1. The Kier molecular flexibility index (Phi) is 3.70. The molecular weight excluding hydrogens is 291 g/mol. The van der Waals surface area contributed by atoms with Gasteiger partial charge in [-0.15, -0.1) is 11.3 Å². The lowest BCUT2D eigenvalue weighted by Gasteiger charge is -2.27. The molecule has 0 radical (unpaired) electrons. The van der Waals surface area contributed by atoms with Crippen molar-refractivity contribution in [2.45, 2.75) is 6.42 Å². The highest BCUT2D eigenvalue weighted by Crippen LogP contribution is 2.33. The Morgan fingerprint density at radius 3 is 2.81 bits per heavy atom. The van der Waals surface area contributed by atoms with Crippen LogP contribution in [-0.2, 0) is 0 Å². The Hall–Kier alpha value is -2.21. The van der Waals surface area contributed by atoms with Crippen LogP contribution in [0.4, 0.5) is 15.8 Å². The Morgan fingerprint density at radius 1 is 1.33 bits per heavy atom. The van der Waals surface area contributed by atoms with Crippen LogP contribution in [0.1, 0.15) is 11.3 Å². The highest BCUT2D eigenvalue weighted by atomic mass is 32.1. The fourth-order valence-electron chi connectivity index (χ4n) is 2.48. The van der Waals surface area contributed by atoms with E-state index in [9.17, 15) is 14.5 Å². The van der Waals surface area contributed by atoms with Gasteiger partial charge in [-0.3, -0.25) is 10.1 Å². The first-order valence-corrected chi connectivity index (χ1v) is 7.45. The molecule has 6 heteroatoms. The zero-order chi connectivity index (χ0) is 14.8. The van der Waals surface area contributed by atoms with Crippen LogP contribution in [0.5, 0.6) is 0 Å². The zero-order valence-corrected chi connectivity index (χ0v) is 12.0. The minimum Gasteiger partial charge on any atom is -0.362 e. The second-order valence-corrected chi connectivity index (χ2v) is 5.74. The van der Waals surface area contributed by atoms with Gasteiger partial charge in [-0.1, -0.05) is 12.1 Å². The largest absolute Gasteiger partial charge is 0.362 e. The van der Waals surface area contributed by atoms with Gasteiger partial charge < -0.3 is 4.90 Å². The number of hydrogen-bond donors (Lipinski definition) is 0. The number of thiophene rings is 1. The molecule has 21 heavy (non-hydrogen) atoms. The Bertz CT molecular complexity index is 698. The number of nitrogens with zero attached hydrogens (tertiary/aromatic N) is 2. The van der Waals surface area contributed by atoms with E-state index in [0.717, 1.165) is 12.5 Å². The molecule has 2 aromatic rings. The third-order valence-electron chi connectivity index (χ3n) is 3.52. The molecule has 1 aromatic carbocycles. The van der Waals surface area contributed by atoms with Crippen molar-refractivity contribution in [2.75, 3.05) is 18.0 Å². The van der Waals surface area contributed by atoms with E-state index in [1.807, 2.05) is 16.3 Å². The third-order valence-corrected chi connectivity index (χ3v) is 4.47. The smallest absolute Gasteiger partial charge is 0.295 e. The average molecular weight is 304 g/mol. The Labute approximate surface area is 125 Å². The highest BCUT2D eigenvalue weighted by Gasteiger charge is 2.22. The maximum absolute atomic E-state index is 13.2. The van der Waals surface area contributed by atoms with Crippen LogP contribution in [-0.4, -0.2) is 18.0 Å². The molecule has 0 amide bonds. The molecule has 1 aromatic heterocycles. The van der Waals surface area contributed by atoms with Gasteiger partial charge in [-0.05, 0) is 35.6 Å². The number of rotatable bonds is 3. The van der Waals surface area contributed by atoms with Gasteiger partial charge in [0, 0.05) is 18.0 Å². The van der Waals surface area contributed by atoms with Crippen molar-refractivity contribution in [2.24, 2.45) is 0 Å². The van der Waals surface area contributed by atoms with Crippen LogP contribution in [0.25, 0.3) is 5.57 Å². The zero-order valence-electron chi connectivity index (χ0n) is 11.2. The minimum atomic E-state index is -0.586. The molecule has 0 bridgehead atoms. The van der Waals surface area contributed by atoms with Gasteiger partial charge >= 0.3 is 0 Å². The highest BCUT2D eigenvalue weighted by molar-refractivity contribution is 7.11. The molecule has 4 nitrogen and oxygen atoms in total. The molecule has 0 saturated heterocycles. The molecule has 0 N–H and O–H groups in total. The fourth-order valence-corrected chi connectivity index (χ4v) is 3.28. The Balaban J connectivity index is 1.86. The van der Waals surface area contributed by atoms with E-state index in [0.29, 0.717) is 18.8 Å². The predicted octanol–water partition coefficient (Wildman–Crippen LogP) is 4.09. The first-order valence-electron chi connectivity index (χ1n) is 6.57. The summed E-state index contributed by atoms with van der Waals surface area (Å²) in [5, 5.41) is 13.1. The van der Waals surface area contributed by atoms with Gasteiger partial charge in [-0.2, -0.15) is 0 Å². The molecular formula is C15H13FN2O2S. The topological polar surface area (TPSA) is 46.4 Å². The van der Waals surface area contributed by atoms with Gasteiger partial charge in [0.05, 0.1) is 11.0 Å². The minimum absolute atomic E-state index is 0.178. The molecule has 0 spiro atoms. The normalized spacial score (nSPS) is 14.9. The molecule has 0 fully saturated rings. The van der Waals surface area contributed by atoms with Gasteiger partial charge in [0.25, 0.3) is 5.69 Å².